The maximum Gasteiger partial charge on any atom is 0.105 e. The van der Waals surface area contributed by atoms with E-state index >= 15 is 0 Å². The van der Waals surface area contributed by atoms with E-state index in [-0.39, 0.29) is 0 Å². The summed E-state index contributed by atoms with van der Waals surface area (Å²) in [6.07, 6.45) is 6.58. The predicted molar refractivity (Wildman–Crippen MR) is 84.3 cm³/mol. The number of pyridine rings is 1. The van der Waals surface area contributed by atoms with Crippen molar-refractivity contribution in [3.63, 3.8) is 0 Å². The van der Waals surface area contributed by atoms with Crippen LogP contribution in [0.4, 0.5) is 0 Å². The van der Waals surface area contributed by atoms with Gasteiger partial charge >= 0.3 is 0 Å². The third kappa shape index (κ3) is 2.12. The van der Waals surface area contributed by atoms with Gasteiger partial charge in [0.05, 0.1) is 0 Å². The Labute approximate surface area is 124 Å². The molecular formula is C19H17NO. The zero-order valence-electron chi connectivity index (χ0n) is 11.8. The molecule has 4 rings (SSSR count). The van der Waals surface area contributed by atoms with Gasteiger partial charge in [-0.1, -0.05) is 36.4 Å². The average Bonchev–Trinajstić information content (AvgIpc) is 3.01. The third-order valence-corrected chi connectivity index (χ3v) is 4.45. The minimum atomic E-state index is -0.581. The summed E-state index contributed by atoms with van der Waals surface area (Å²) in [4.78, 5) is 4.15. The van der Waals surface area contributed by atoms with Crippen LogP contribution in [-0.4, -0.2) is 10.1 Å². The molecule has 1 heterocycles. The van der Waals surface area contributed by atoms with Crippen LogP contribution in [0.15, 0.2) is 54.9 Å². The monoisotopic (exact) mass is 275 g/mol. The van der Waals surface area contributed by atoms with Crippen LogP contribution in [-0.2, 0) is 12.8 Å². The maximum absolute atomic E-state index is 10.8. The lowest BCUT2D eigenvalue weighted by molar-refractivity contribution is 0.222. The van der Waals surface area contributed by atoms with Crippen molar-refractivity contribution in [3.05, 3.63) is 77.1 Å². The van der Waals surface area contributed by atoms with Gasteiger partial charge in [0, 0.05) is 17.8 Å². The molecular weight excluding hydrogens is 258 g/mol. The first-order valence-electron chi connectivity index (χ1n) is 7.45. The van der Waals surface area contributed by atoms with Gasteiger partial charge in [-0.25, -0.2) is 0 Å². The largest absolute Gasteiger partial charge is 0.384 e. The standard InChI is InChI=1S/C19H17NO/c21-19(15-8-7-13-3-1-4-14(13)11-15)18-6-2-5-16-12-20-10-9-17(16)18/h2,5-12,19,21H,1,3-4H2. The van der Waals surface area contributed by atoms with E-state index in [1.54, 1.807) is 6.20 Å². The number of rotatable bonds is 2. The predicted octanol–water partition coefficient (Wildman–Crippen LogP) is 3.81. The van der Waals surface area contributed by atoms with Crippen LogP contribution in [0.3, 0.4) is 0 Å². The summed E-state index contributed by atoms with van der Waals surface area (Å²) in [5.41, 5.74) is 4.77. The first kappa shape index (κ1) is 12.5. The van der Waals surface area contributed by atoms with Crippen molar-refractivity contribution in [3.8, 4) is 0 Å². The number of nitrogens with zero attached hydrogens (tertiary/aromatic N) is 1. The van der Waals surface area contributed by atoms with Gasteiger partial charge in [0.1, 0.15) is 6.10 Å². The number of aromatic nitrogens is 1. The Morgan fingerprint density at radius 1 is 1.00 bits per heavy atom. The van der Waals surface area contributed by atoms with Crippen molar-refractivity contribution in [1.29, 1.82) is 0 Å². The Hall–Kier alpha value is -2.19. The van der Waals surface area contributed by atoms with E-state index in [1.807, 2.05) is 30.5 Å². The van der Waals surface area contributed by atoms with Crippen molar-refractivity contribution in [2.45, 2.75) is 25.4 Å². The Morgan fingerprint density at radius 2 is 1.90 bits per heavy atom. The van der Waals surface area contributed by atoms with Gasteiger partial charge < -0.3 is 5.11 Å². The molecule has 1 aromatic heterocycles. The summed E-state index contributed by atoms with van der Waals surface area (Å²) < 4.78 is 0. The molecule has 0 amide bonds. The lowest BCUT2D eigenvalue weighted by Gasteiger charge is -2.15. The lowest BCUT2D eigenvalue weighted by atomic mass is 9.95. The summed E-state index contributed by atoms with van der Waals surface area (Å²) in [6, 6.07) is 14.4. The van der Waals surface area contributed by atoms with Crippen LogP contribution >= 0.6 is 0 Å². The molecule has 0 saturated heterocycles. The van der Waals surface area contributed by atoms with Crippen LogP contribution in [0.5, 0.6) is 0 Å². The number of fused-ring (bicyclic) bond motifs is 2. The molecule has 0 radical (unpaired) electrons. The van der Waals surface area contributed by atoms with E-state index in [0.717, 1.165) is 28.3 Å². The van der Waals surface area contributed by atoms with Crippen molar-refractivity contribution in [2.75, 3.05) is 0 Å². The minimum absolute atomic E-state index is 0.581. The normalized spacial score (nSPS) is 15.1. The molecule has 0 spiro atoms. The highest BCUT2D eigenvalue weighted by molar-refractivity contribution is 5.85. The van der Waals surface area contributed by atoms with Crippen LogP contribution in [0, 0.1) is 0 Å². The molecule has 2 heteroatoms. The van der Waals surface area contributed by atoms with Crippen LogP contribution in [0.25, 0.3) is 10.8 Å². The van der Waals surface area contributed by atoms with Crippen molar-refractivity contribution in [2.24, 2.45) is 0 Å². The minimum Gasteiger partial charge on any atom is -0.384 e. The third-order valence-electron chi connectivity index (χ3n) is 4.45. The zero-order valence-corrected chi connectivity index (χ0v) is 11.8. The van der Waals surface area contributed by atoms with Gasteiger partial charge in [0.2, 0.25) is 0 Å². The molecule has 0 saturated carbocycles. The van der Waals surface area contributed by atoms with Gasteiger partial charge in [-0.15, -0.1) is 0 Å². The molecule has 1 aliphatic carbocycles. The molecule has 3 aromatic rings. The van der Waals surface area contributed by atoms with Gasteiger partial charge in [0.25, 0.3) is 0 Å². The smallest absolute Gasteiger partial charge is 0.105 e. The second-order valence-electron chi connectivity index (χ2n) is 5.73. The van der Waals surface area contributed by atoms with Gasteiger partial charge in [0.15, 0.2) is 0 Å². The van der Waals surface area contributed by atoms with Crippen molar-refractivity contribution in [1.82, 2.24) is 4.98 Å². The number of aryl methyl sites for hydroxylation is 2. The second kappa shape index (κ2) is 4.97. The first-order valence-corrected chi connectivity index (χ1v) is 7.45. The Kier molecular flexibility index (Phi) is 2.97. The topological polar surface area (TPSA) is 33.1 Å². The lowest BCUT2D eigenvalue weighted by Crippen LogP contribution is -2.01. The molecule has 2 nitrogen and oxygen atoms in total. The molecule has 1 aliphatic rings. The number of aliphatic hydroxyl groups excluding tert-OH is 1. The molecule has 1 unspecified atom stereocenters. The molecule has 1 atom stereocenters. The SMILES string of the molecule is OC(c1ccc2c(c1)CCC2)c1cccc2cnccc12. The van der Waals surface area contributed by atoms with Gasteiger partial charge in [-0.05, 0) is 53.0 Å². The van der Waals surface area contributed by atoms with E-state index in [9.17, 15) is 5.11 Å². The fourth-order valence-corrected chi connectivity index (χ4v) is 3.33. The molecule has 0 aliphatic heterocycles. The fourth-order valence-electron chi connectivity index (χ4n) is 3.33. The molecule has 21 heavy (non-hydrogen) atoms. The maximum atomic E-state index is 10.8. The van der Waals surface area contributed by atoms with Crippen molar-refractivity contribution < 1.29 is 5.11 Å². The van der Waals surface area contributed by atoms with E-state index in [4.69, 9.17) is 0 Å². The Bertz CT molecular complexity index is 804. The summed E-state index contributed by atoms with van der Waals surface area (Å²) in [7, 11) is 0. The highest BCUT2D eigenvalue weighted by Crippen LogP contribution is 2.31. The van der Waals surface area contributed by atoms with Crippen molar-refractivity contribution >= 4 is 10.8 Å². The van der Waals surface area contributed by atoms with E-state index in [1.165, 1.54) is 24.0 Å². The fraction of sp³-hybridized carbons (Fsp3) is 0.211. The quantitative estimate of drug-likeness (QED) is 0.771. The first-order chi connectivity index (χ1) is 10.3. The number of aliphatic hydroxyl groups is 1. The number of hydrogen-bond acceptors (Lipinski definition) is 2. The zero-order chi connectivity index (χ0) is 14.2. The highest BCUT2D eigenvalue weighted by Gasteiger charge is 2.17. The summed E-state index contributed by atoms with van der Waals surface area (Å²) in [5.74, 6) is 0. The van der Waals surface area contributed by atoms with E-state index in [2.05, 4.69) is 23.2 Å². The van der Waals surface area contributed by atoms with Gasteiger partial charge in [-0.3, -0.25) is 4.98 Å². The number of benzene rings is 2. The Balaban J connectivity index is 1.81. The average molecular weight is 275 g/mol. The van der Waals surface area contributed by atoms with Crippen LogP contribution in [0.1, 0.15) is 34.8 Å². The second-order valence-corrected chi connectivity index (χ2v) is 5.73. The molecule has 0 fully saturated rings. The molecule has 2 aromatic carbocycles. The summed E-state index contributed by atoms with van der Waals surface area (Å²) >= 11 is 0. The van der Waals surface area contributed by atoms with E-state index < -0.39 is 6.10 Å². The highest BCUT2D eigenvalue weighted by atomic mass is 16.3. The summed E-state index contributed by atoms with van der Waals surface area (Å²) in [6.45, 7) is 0. The molecule has 104 valence electrons. The van der Waals surface area contributed by atoms with Crippen LogP contribution < -0.4 is 0 Å². The van der Waals surface area contributed by atoms with E-state index in [0.29, 0.717) is 0 Å². The van der Waals surface area contributed by atoms with Gasteiger partial charge in [-0.2, -0.15) is 0 Å². The molecule has 1 N–H and O–H groups in total. The molecule has 0 bridgehead atoms. The summed E-state index contributed by atoms with van der Waals surface area (Å²) in [5, 5.41) is 12.9. The Morgan fingerprint density at radius 3 is 2.86 bits per heavy atom. The van der Waals surface area contributed by atoms with Crippen LogP contribution in [0.2, 0.25) is 0 Å². The number of hydrogen-bond donors (Lipinski definition) is 1.